The number of hydrogen-bond acceptors (Lipinski definition) is 6. The topological polar surface area (TPSA) is 63.2 Å². The Bertz CT molecular complexity index is 243. The van der Waals surface area contributed by atoms with Crippen LogP contribution in [-0.2, 0) is 28.2 Å². The van der Waals surface area contributed by atoms with Gasteiger partial charge in [0.1, 0.15) is 0 Å². The van der Waals surface area contributed by atoms with E-state index in [0.717, 1.165) is 0 Å². The van der Waals surface area contributed by atoms with E-state index in [-0.39, 0.29) is 6.61 Å². The highest BCUT2D eigenvalue weighted by atomic mass is 31.2. The predicted molar refractivity (Wildman–Crippen MR) is 63.1 cm³/mol. The van der Waals surface area contributed by atoms with E-state index in [4.69, 9.17) is 23.6 Å². The lowest BCUT2D eigenvalue weighted by molar-refractivity contribution is -0.337. The molecule has 0 heterocycles. The minimum Gasteiger partial charge on any atom is -0.284 e. The van der Waals surface area contributed by atoms with Gasteiger partial charge in [-0.25, -0.2) is 14.3 Å². The summed E-state index contributed by atoms with van der Waals surface area (Å²) in [6.45, 7) is 12.3. The molecule has 0 aromatic heterocycles. The Hall–Kier alpha value is 0.0300. The fourth-order valence-corrected chi connectivity index (χ4v) is 1.59. The molecule has 104 valence electrons. The summed E-state index contributed by atoms with van der Waals surface area (Å²) >= 11 is 0. The minimum atomic E-state index is -3.86. The van der Waals surface area contributed by atoms with Gasteiger partial charge in [0.2, 0.25) is 0 Å². The first-order chi connectivity index (χ1) is 7.47. The zero-order chi connectivity index (χ0) is 13.7. The Morgan fingerprint density at radius 2 is 1.24 bits per heavy atom. The average Bonchev–Trinajstić information content (AvgIpc) is 2.11. The lowest BCUT2D eigenvalue weighted by Crippen LogP contribution is -2.22. The molecule has 0 unspecified atom stereocenters. The molecule has 0 atom stereocenters. The van der Waals surface area contributed by atoms with Crippen molar-refractivity contribution in [3.63, 3.8) is 0 Å². The number of hydrogen-bond donors (Lipinski definition) is 0. The fraction of sp³-hybridized carbons (Fsp3) is 1.00. The van der Waals surface area contributed by atoms with E-state index in [9.17, 15) is 4.57 Å². The maximum absolute atomic E-state index is 12.0. The first kappa shape index (κ1) is 17.0. The van der Waals surface area contributed by atoms with Gasteiger partial charge < -0.3 is 0 Å². The van der Waals surface area contributed by atoms with Gasteiger partial charge in [0, 0.05) is 0 Å². The second kappa shape index (κ2) is 6.27. The van der Waals surface area contributed by atoms with Crippen LogP contribution in [-0.4, -0.2) is 17.8 Å². The van der Waals surface area contributed by atoms with Crippen molar-refractivity contribution >= 4 is 7.82 Å². The van der Waals surface area contributed by atoms with Crippen molar-refractivity contribution in [1.82, 2.24) is 0 Å². The third-order valence-corrected chi connectivity index (χ3v) is 2.13. The van der Waals surface area contributed by atoms with Gasteiger partial charge in [-0.1, -0.05) is 0 Å². The molecule has 0 rings (SSSR count). The van der Waals surface area contributed by atoms with E-state index in [1.807, 2.05) is 0 Å². The van der Waals surface area contributed by atoms with E-state index < -0.39 is 19.0 Å². The summed E-state index contributed by atoms with van der Waals surface area (Å²) < 4.78 is 26.3. The monoisotopic (exact) mass is 270 g/mol. The maximum Gasteiger partial charge on any atom is 0.529 e. The van der Waals surface area contributed by atoms with E-state index in [2.05, 4.69) is 0 Å². The lowest BCUT2D eigenvalue weighted by Gasteiger charge is -2.24. The second-order valence-electron chi connectivity index (χ2n) is 5.41. The molecule has 0 aliphatic rings. The largest absolute Gasteiger partial charge is 0.529 e. The molecule has 0 saturated heterocycles. The van der Waals surface area contributed by atoms with Crippen LogP contribution in [0.25, 0.3) is 0 Å². The van der Waals surface area contributed by atoms with Crippen molar-refractivity contribution in [2.45, 2.75) is 59.7 Å². The first-order valence-electron chi connectivity index (χ1n) is 5.47. The van der Waals surface area contributed by atoms with Crippen LogP contribution in [0, 0.1) is 0 Å². The van der Waals surface area contributed by atoms with Crippen molar-refractivity contribution < 1.29 is 28.2 Å². The molecule has 6 nitrogen and oxygen atoms in total. The standard InChI is InChI=1S/C10H23O6P/c1-8-12-17(11,15-13-9(2,3)4)16-14-10(5,6)7/h8H2,1-7H3. The highest BCUT2D eigenvalue weighted by molar-refractivity contribution is 7.48. The van der Waals surface area contributed by atoms with E-state index >= 15 is 0 Å². The smallest absolute Gasteiger partial charge is 0.284 e. The molecule has 0 aromatic carbocycles. The van der Waals surface area contributed by atoms with Crippen LogP contribution in [0.1, 0.15) is 48.5 Å². The second-order valence-corrected chi connectivity index (χ2v) is 6.86. The van der Waals surface area contributed by atoms with Crippen molar-refractivity contribution in [2.24, 2.45) is 0 Å². The van der Waals surface area contributed by atoms with E-state index in [1.165, 1.54) is 0 Å². The minimum absolute atomic E-state index is 0.151. The molecule has 0 aliphatic carbocycles. The van der Waals surface area contributed by atoms with Crippen LogP contribution in [0.5, 0.6) is 0 Å². The number of phosphoric acid groups is 1. The lowest BCUT2D eigenvalue weighted by atomic mass is 10.2. The van der Waals surface area contributed by atoms with Crippen LogP contribution in [0.15, 0.2) is 0 Å². The van der Waals surface area contributed by atoms with Gasteiger partial charge in [0.05, 0.1) is 17.8 Å². The molecule has 0 aromatic rings. The van der Waals surface area contributed by atoms with Gasteiger partial charge in [-0.15, -0.1) is 9.35 Å². The van der Waals surface area contributed by atoms with Crippen molar-refractivity contribution in [1.29, 1.82) is 0 Å². The molecule has 0 N–H and O–H groups in total. The van der Waals surface area contributed by atoms with Crippen LogP contribution < -0.4 is 0 Å². The highest BCUT2D eigenvalue weighted by Crippen LogP contribution is 2.51. The first-order valence-corrected chi connectivity index (χ1v) is 6.93. The number of rotatable bonds is 6. The molecule has 0 bridgehead atoms. The van der Waals surface area contributed by atoms with E-state index in [1.54, 1.807) is 48.5 Å². The molecule has 0 aliphatic heterocycles. The quantitative estimate of drug-likeness (QED) is 0.417. The molecular weight excluding hydrogens is 247 g/mol. The molecular formula is C10H23O6P. The van der Waals surface area contributed by atoms with Crippen molar-refractivity contribution in [2.75, 3.05) is 6.61 Å². The van der Waals surface area contributed by atoms with Gasteiger partial charge in [0.25, 0.3) is 0 Å². The predicted octanol–water partition coefficient (Wildman–Crippen LogP) is 3.62. The summed E-state index contributed by atoms with van der Waals surface area (Å²) in [7, 11) is -3.86. The summed E-state index contributed by atoms with van der Waals surface area (Å²) in [5.41, 5.74) is -1.25. The van der Waals surface area contributed by atoms with E-state index in [0.29, 0.717) is 0 Å². The van der Waals surface area contributed by atoms with Gasteiger partial charge in [0.15, 0.2) is 0 Å². The third kappa shape index (κ3) is 9.71. The molecule has 7 heteroatoms. The Kier molecular flexibility index (Phi) is 6.28. The summed E-state index contributed by atoms with van der Waals surface area (Å²) in [4.78, 5) is 9.84. The Morgan fingerprint density at radius 1 is 0.882 bits per heavy atom. The molecule has 0 radical (unpaired) electrons. The maximum atomic E-state index is 12.0. The molecule has 0 saturated carbocycles. The van der Waals surface area contributed by atoms with Gasteiger partial charge in [-0.05, 0) is 48.5 Å². The highest BCUT2D eigenvalue weighted by Gasteiger charge is 2.34. The summed E-state index contributed by atoms with van der Waals surface area (Å²) in [5, 5.41) is 0. The molecule has 0 amide bonds. The Balaban J connectivity index is 4.41. The normalized spacial score (nSPS) is 14.1. The zero-order valence-electron chi connectivity index (χ0n) is 11.6. The Morgan fingerprint density at radius 3 is 1.47 bits per heavy atom. The molecule has 0 spiro atoms. The van der Waals surface area contributed by atoms with Gasteiger partial charge in [-0.3, -0.25) is 4.52 Å². The Labute approximate surface area is 103 Å². The summed E-state index contributed by atoms with van der Waals surface area (Å²) in [6, 6.07) is 0. The summed E-state index contributed by atoms with van der Waals surface area (Å²) in [6.07, 6.45) is 0. The van der Waals surface area contributed by atoms with Crippen LogP contribution in [0.4, 0.5) is 0 Å². The molecule has 0 fully saturated rings. The van der Waals surface area contributed by atoms with Crippen LogP contribution in [0.2, 0.25) is 0 Å². The van der Waals surface area contributed by atoms with Crippen LogP contribution in [0.3, 0.4) is 0 Å². The van der Waals surface area contributed by atoms with Crippen LogP contribution >= 0.6 is 7.82 Å². The van der Waals surface area contributed by atoms with Crippen molar-refractivity contribution in [3.8, 4) is 0 Å². The zero-order valence-corrected chi connectivity index (χ0v) is 12.5. The van der Waals surface area contributed by atoms with Gasteiger partial charge >= 0.3 is 7.82 Å². The van der Waals surface area contributed by atoms with Crippen molar-refractivity contribution in [3.05, 3.63) is 0 Å². The van der Waals surface area contributed by atoms with Gasteiger partial charge in [-0.2, -0.15) is 0 Å². The fourth-order valence-electron chi connectivity index (χ4n) is 0.528. The molecule has 17 heavy (non-hydrogen) atoms. The SMILES string of the molecule is CCOP(=O)(OOC(C)(C)C)OOC(C)(C)C. The summed E-state index contributed by atoms with van der Waals surface area (Å²) in [5.74, 6) is 0. The average molecular weight is 270 g/mol. The third-order valence-electron chi connectivity index (χ3n) is 1.04.